The summed E-state index contributed by atoms with van der Waals surface area (Å²) in [4.78, 5) is 12.1. The van der Waals surface area contributed by atoms with Crippen LogP contribution in [-0.4, -0.2) is 11.9 Å². The highest BCUT2D eigenvalue weighted by Crippen LogP contribution is 2.26. The van der Waals surface area contributed by atoms with Gasteiger partial charge in [0.2, 0.25) is 5.91 Å². The first-order valence-corrected chi connectivity index (χ1v) is 7.17. The minimum absolute atomic E-state index is 0.132. The van der Waals surface area contributed by atoms with E-state index in [4.69, 9.17) is 5.73 Å². The first-order valence-electron chi connectivity index (χ1n) is 7.17. The molecule has 0 saturated heterocycles. The zero-order valence-electron chi connectivity index (χ0n) is 11.9. The van der Waals surface area contributed by atoms with Crippen LogP contribution in [0.3, 0.4) is 0 Å². The maximum Gasteiger partial charge on any atom is 0.224 e. The monoisotopic (exact) mass is 260 g/mol. The van der Waals surface area contributed by atoms with Crippen LogP contribution in [0.5, 0.6) is 0 Å². The predicted octanol–water partition coefficient (Wildman–Crippen LogP) is 3.15. The number of aryl methyl sites for hydroxylation is 2. The number of anilines is 1. The van der Waals surface area contributed by atoms with Crippen LogP contribution in [-0.2, 0) is 4.79 Å². The largest absolute Gasteiger partial charge is 0.328 e. The molecule has 0 aliphatic heterocycles. The number of nitrogens with one attached hydrogen (secondary N) is 1. The van der Waals surface area contributed by atoms with Crippen LogP contribution >= 0.6 is 0 Å². The number of hydrogen-bond acceptors (Lipinski definition) is 2. The van der Waals surface area contributed by atoms with E-state index in [0.29, 0.717) is 18.4 Å². The molecule has 3 heteroatoms. The van der Waals surface area contributed by atoms with Crippen LogP contribution in [0.2, 0.25) is 0 Å². The van der Waals surface area contributed by atoms with Crippen LogP contribution in [0.25, 0.3) is 0 Å². The molecule has 1 fully saturated rings. The van der Waals surface area contributed by atoms with E-state index in [0.717, 1.165) is 36.9 Å². The van der Waals surface area contributed by atoms with Crippen molar-refractivity contribution in [1.82, 2.24) is 0 Å². The lowest BCUT2D eigenvalue weighted by Crippen LogP contribution is -2.28. The van der Waals surface area contributed by atoms with Crippen molar-refractivity contribution >= 4 is 11.6 Å². The second-order valence-corrected chi connectivity index (χ2v) is 5.85. The second kappa shape index (κ2) is 6.20. The molecule has 1 aromatic rings. The number of rotatable bonds is 3. The van der Waals surface area contributed by atoms with Crippen LogP contribution in [0.15, 0.2) is 18.2 Å². The molecular formula is C16H24N2O. The number of nitrogens with two attached hydrogens (primary N) is 1. The molecule has 19 heavy (non-hydrogen) atoms. The first-order chi connectivity index (χ1) is 9.04. The van der Waals surface area contributed by atoms with Gasteiger partial charge in [-0.05, 0) is 57.1 Å². The van der Waals surface area contributed by atoms with Crippen molar-refractivity contribution in [2.24, 2.45) is 11.7 Å². The molecule has 3 N–H and O–H groups in total. The maximum atomic E-state index is 12.1. The molecule has 1 amide bonds. The molecule has 1 aromatic carbocycles. The Labute approximate surface area is 115 Å². The summed E-state index contributed by atoms with van der Waals surface area (Å²) in [6.45, 7) is 4.09. The molecule has 1 aliphatic carbocycles. The van der Waals surface area contributed by atoms with E-state index in [1.54, 1.807) is 0 Å². The topological polar surface area (TPSA) is 55.1 Å². The third-order valence-electron chi connectivity index (χ3n) is 4.02. The van der Waals surface area contributed by atoms with Crippen molar-refractivity contribution in [3.05, 3.63) is 29.3 Å². The molecule has 0 spiro atoms. The summed E-state index contributed by atoms with van der Waals surface area (Å²) in [6.07, 6.45) is 4.91. The quantitative estimate of drug-likeness (QED) is 0.877. The summed E-state index contributed by atoms with van der Waals surface area (Å²) < 4.78 is 0. The third-order valence-corrected chi connectivity index (χ3v) is 4.02. The van der Waals surface area contributed by atoms with Gasteiger partial charge < -0.3 is 11.1 Å². The van der Waals surface area contributed by atoms with E-state index in [2.05, 4.69) is 18.3 Å². The number of amides is 1. The molecule has 0 radical (unpaired) electrons. The lowest BCUT2D eigenvalue weighted by Gasteiger charge is -2.25. The highest BCUT2D eigenvalue weighted by Gasteiger charge is 2.21. The van der Waals surface area contributed by atoms with Gasteiger partial charge in [0.1, 0.15) is 0 Å². The first kappa shape index (κ1) is 14.1. The Hall–Kier alpha value is -1.35. The van der Waals surface area contributed by atoms with Gasteiger partial charge in [-0.25, -0.2) is 0 Å². The highest BCUT2D eigenvalue weighted by molar-refractivity contribution is 5.91. The van der Waals surface area contributed by atoms with E-state index in [9.17, 15) is 4.79 Å². The lowest BCUT2D eigenvalue weighted by molar-refractivity contribution is -0.117. The fourth-order valence-electron chi connectivity index (χ4n) is 2.81. The standard InChI is InChI=1S/C16H24N2O/c1-11-3-8-15(12(2)9-11)18-16(19)10-13-4-6-14(17)7-5-13/h3,8-9,13-14H,4-7,10,17H2,1-2H3,(H,18,19). The minimum atomic E-state index is 0.132. The molecule has 0 unspecified atom stereocenters. The van der Waals surface area contributed by atoms with Crippen LogP contribution < -0.4 is 11.1 Å². The zero-order chi connectivity index (χ0) is 13.8. The summed E-state index contributed by atoms with van der Waals surface area (Å²) in [7, 11) is 0. The van der Waals surface area contributed by atoms with Crippen molar-refractivity contribution in [2.75, 3.05) is 5.32 Å². The molecular weight excluding hydrogens is 236 g/mol. The second-order valence-electron chi connectivity index (χ2n) is 5.85. The summed E-state index contributed by atoms with van der Waals surface area (Å²) in [5, 5.41) is 3.03. The average Bonchev–Trinajstić information content (AvgIpc) is 2.36. The molecule has 1 aliphatic rings. The number of carbonyl (C=O) groups excluding carboxylic acids is 1. The van der Waals surface area contributed by atoms with Crippen LogP contribution in [0.1, 0.15) is 43.2 Å². The molecule has 0 heterocycles. The van der Waals surface area contributed by atoms with Gasteiger partial charge in [-0.3, -0.25) is 4.79 Å². The van der Waals surface area contributed by atoms with Gasteiger partial charge in [-0.1, -0.05) is 17.7 Å². The number of carbonyl (C=O) groups is 1. The van der Waals surface area contributed by atoms with Crippen molar-refractivity contribution in [2.45, 2.75) is 52.0 Å². The Morgan fingerprint density at radius 3 is 2.58 bits per heavy atom. The Morgan fingerprint density at radius 1 is 1.26 bits per heavy atom. The van der Waals surface area contributed by atoms with Crippen LogP contribution in [0, 0.1) is 19.8 Å². The SMILES string of the molecule is Cc1ccc(NC(=O)CC2CCC(N)CC2)c(C)c1. The maximum absolute atomic E-state index is 12.1. The highest BCUT2D eigenvalue weighted by atomic mass is 16.1. The molecule has 2 rings (SSSR count). The van der Waals surface area contributed by atoms with E-state index in [1.807, 2.05) is 19.1 Å². The fraction of sp³-hybridized carbons (Fsp3) is 0.562. The third kappa shape index (κ3) is 4.06. The Balaban J connectivity index is 1.87. The summed E-state index contributed by atoms with van der Waals surface area (Å²) >= 11 is 0. The molecule has 0 bridgehead atoms. The van der Waals surface area contributed by atoms with Gasteiger partial charge in [-0.2, -0.15) is 0 Å². The smallest absolute Gasteiger partial charge is 0.224 e. The van der Waals surface area contributed by atoms with Gasteiger partial charge in [0.25, 0.3) is 0 Å². The molecule has 0 aromatic heterocycles. The van der Waals surface area contributed by atoms with Gasteiger partial charge in [0, 0.05) is 18.2 Å². The fourth-order valence-corrected chi connectivity index (χ4v) is 2.81. The Kier molecular flexibility index (Phi) is 4.59. The van der Waals surface area contributed by atoms with Crippen molar-refractivity contribution in [1.29, 1.82) is 0 Å². The number of hydrogen-bond donors (Lipinski definition) is 2. The lowest BCUT2D eigenvalue weighted by atomic mass is 9.84. The Morgan fingerprint density at radius 2 is 1.95 bits per heavy atom. The molecule has 1 saturated carbocycles. The normalized spacial score (nSPS) is 23.1. The van der Waals surface area contributed by atoms with Crippen LogP contribution in [0.4, 0.5) is 5.69 Å². The van der Waals surface area contributed by atoms with E-state index >= 15 is 0 Å². The Bertz CT molecular complexity index is 448. The molecule has 3 nitrogen and oxygen atoms in total. The minimum Gasteiger partial charge on any atom is -0.328 e. The van der Waals surface area contributed by atoms with Gasteiger partial charge in [0.05, 0.1) is 0 Å². The molecule has 104 valence electrons. The summed E-state index contributed by atoms with van der Waals surface area (Å²) in [5.74, 6) is 0.637. The van der Waals surface area contributed by atoms with Gasteiger partial charge in [0.15, 0.2) is 0 Å². The molecule has 0 atom stereocenters. The van der Waals surface area contributed by atoms with E-state index < -0.39 is 0 Å². The van der Waals surface area contributed by atoms with E-state index in [1.165, 1.54) is 5.56 Å². The number of benzene rings is 1. The zero-order valence-corrected chi connectivity index (χ0v) is 11.9. The van der Waals surface area contributed by atoms with Crippen molar-refractivity contribution < 1.29 is 4.79 Å². The van der Waals surface area contributed by atoms with Gasteiger partial charge in [-0.15, -0.1) is 0 Å². The van der Waals surface area contributed by atoms with Crippen molar-refractivity contribution in [3.63, 3.8) is 0 Å². The van der Waals surface area contributed by atoms with Gasteiger partial charge >= 0.3 is 0 Å². The average molecular weight is 260 g/mol. The van der Waals surface area contributed by atoms with Crippen molar-refractivity contribution in [3.8, 4) is 0 Å². The predicted molar refractivity (Wildman–Crippen MR) is 79.1 cm³/mol. The summed E-state index contributed by atoms with van der Waals surface area (Å²) in [5.41, 5.74) is 9.16. The van der Waals surface area contributed by atoms with E-state index in [-0.39, 0.29) is 5.91 Å². The summed E-state index contributed by atoms with van der Waals surface area (Å²) in [6, 6.07) is 6.45.